The van der Waals surface area contributed by atoms with Crippen molar-refractivity contribution in [3.05, 3.63) is 0 Å². The van der Waals surface area contributed by atoms with E-state index in [0.29, 0.717) is 32.5 Å². The predicted molar refractivity (Wildman–Crippen MR) is 58.9 cm³/mol. The van der Waals surface area contributed by atoms with Gasteiger partial charge in [-0.1, -0.05) is 0 Å². The van der Waals surface area contributed by atoms with Crippen molar-refractivity contribution in [1.82, 2.24) is 16.0 Å². The van der Waals surface area contributed by atoms with Crippen LogP contribution in [0.1, 0.15) is 12.8 Å². The Morgan fingerprint density at radius 1 is 1.50 bits per heavy atom. The third kappa shape index (κ3) is 4.59. The van der Waals surface area contributed by atoms with Crippen LogP contribution in [0, 0.1) is 0 Å². The van der Waals surface area contributed by atoms with Crippen molar-refractivity contribution in [3.63, 3.8) is 0 Å². The van der Waals surface area contributed by atoms with E-state index in [9.17, 15) is 9.59 Å². The Hall–Kier alpha value is -1.14. The van der Waals surface area contributed by atoms with Gasteiger partial charge < -0.3 is 20.7 Å². The lowest BCUT2D eigenvalue weighted by Gasteiger charge is -2.11. The largest absolute Gasteiger partial charge is 0.383 e. The molecule has 0 aromatic heterocycles. The monoisotopic (exact) mass is 229 g/mol. The Morgan fingerprint density at radius 3 is 2.94 bits per heavy atom. The fourth-order valence-electron chi connectivity index (χ4n) is 1.51. The summed E-state index contributed by atoms with van der Waals surface area (Å²) in [6.07, 6.45) is 1.05. The van der Waals surface area contributed by atoms with Gasteiger partial charge in [0, 0.05) is 33.2 Å². The molecule has 1 atom stereocenters. The molecule has 0 aliphatic carbocycles. The molecule has 0 radical (unpaired) electrons. The van der Waals surface area contributed by atoms with Crippen molar-refractivity contribution in [1.29, 1.82) is 0 Å². The van der Waals surface area contributed by atoms with Gasteiger partial charge in [0.1, 0.15) is 6.04 Å². The molecule has 0 bridgehead atoms. The Labute approximate surface area is 95.1 Å². The van der Waals surface area contributed by atoms with E-state index in [1.54, 1.807) is 7.11 Å². The minimum atomic E-state index is -0.341. The average Bonchev–Trinajstić information content (AvgIpc) is 2.70. The van der Waals surface area contributed by atoms with Crippen molar-refractivity contribution in [2.75, 3.05) is 33.4 Å². The summed E-state index contributed by atoms with van der Waals surface area (Å²) >= 11 is 0. The number of carbonyl (C=O) groups is 2. The first-order valence-corrected chi connectivity index (χ1v) is 5.50. The molecule has 0 saturated carbocycles. The molecule has 1 aliphatic rings. The highest BCUT2D eigenvalue weighted by atomic mass is 16.5. The van der Waals surface area contributed by atoms with Crippen LogP contribution < -0.4 is 16.0 Å². The number of rotatable bonds is 7. The molecule has 1 saturated heterocycles. The molecule has 92 valence electrons. The zero-order chi connectivity index (χ0) is 11.8. The Balaban J connectivity index is 2.00. The number of hydrogen-bond acceptors (Lipinski definition) is 4. The molecule has 3 N–H and O–H groups in total. The van der Waals surface area contributed by atoms with Gasteiger partial charge in [-0.25, -0.2) is 0 Å². The third-order valence-corrected chi connectivity index (χ3v) is 2.40. The van der Waals surface area contributed by atoms with Crippen LogP contribution in [0.15, 0.2) is 0 Å². The van der Waals surface area contributed by atoms with E-state index < -0.39 is 0 Å². The summed E-state index contributed by atoms with van der Waals surface area (Å²) in [5.41, 5.74) is 0. The maximum Gasteiger partial charge on any atom is 0.242 e. The van der Waals surface area contributed by atoms with Gasteiger partial charge in [0.05, 0.1) is 6.61 Å². The molecule has 1 rings (SSSR count). The van der Waals surface area contributed by atoms with Crippen LogP contribution in [0.3, 0.4) is 0 Å². The maximum absolute atomic E-state index is 11.5. The van der Waals surface area contributed by atoms with Crippen LogP contribution >= 0.6 is 0 Å². The fourth-order valence-corrected chi connectivity index (χ4v) is 1.51. The molecule has 6 heteroatoms. The number of carbonyl (C=O) groups excluding carboxylic acids is 2. The first-order chi connectivity index (χ1) is 7.74. The molecule has 0 aromatic carbocycles. The van der Waals surface area contributed by atoms with Crippen LogP contribution in [-0.4, -0.2) is 51.2 Å². The number of ether oxygens (including phenoxy) is 1. The van der Waals surface area contributed by atoms with E-state index in [1.807, 2.05) is 0 Å². The van der Waals surface area contributed by atoms with Gasteiger partial charge in [-0.2, -0.15) is 0 Å². The van der Waals surface area contributed by atoms with Gasteiger partial charge in [-0.3, -0.25) is 9.59 Å². The zero-order valence-electron chi connectivity index (χ0n) is 9.54. The highest BCUT2D eigenvalue weighted by molar-refractivity contribution is 5.90. The number of amides is 2. The topological polar surface area (TPSA) is 79.5 Å². The highest BCUT2D eigenvalue weighted by Crippen LogP contribution is 2.05. The first kappa shape index (κ1) is 12.9. The molecule has 2 amide bonds. The lowest BCUT2D eigenvalue weighted by atomic mass is 10.2. The zero-order valence-corrected chi connectivity index (χ0v) is 9.54. The first-order valence-electron chi connectivity index (χ1n) is 5.50. The quantitative estimate of drug-likeness (QED) is 0.470. The molecule has 16 heavy (non-hydrogen) atoms. The summed E-state index contributed by atoms with van der Waals surface area (Å²) in [4.78, 5) is 22.4. The third-order valence-electron chi connectivity index (χ3n) is 2.40. The summed E-state index contributed by atoms with van der Waals surface area (Å²) in [5.74, 6) is -0.141. The van der Waals surface area contributed by atoms with Crippen LogP contribution in [-0.2, 0) is 14.3 Å². The lowest BCUT2D eigenvalue weighted by Crippen LogP contribution is -2.43. The minimum absolute atomic E-state index is 0.0432. The second-order valence-corrected chi connectivity index (χ2v) is 3.69. The summed E-state index contributed by atoms with van der Waals surface area (Å²) in [6.45, 7) is 2.70. The molecule has 1 aliphatic heterocycles. The number of methoxy groups -OCH3 is 1. The SMILES string of the molecule is COCCNCCNC(=O)C1CCC(=O)N1. The highest BCUT2D eigenvalue weighted by Gasteiger charge is 2.26. The minimum Gasteiger partial charge on any atom is -0.383 e. The summed E-state index contributed by atoms with van der Waals surface area (Å²) in [6, 6.07) is -0.341. The van der Waals surface area contributed by atoms with Crippen molar-refractivity contribution < 1.29 is 14.3 Å². The van der Waals surface area contributed by atoms with Gasteiger partial charge in [-0.15, -0.1) is 0 Å². The molecule has 1 unspecified atom stereocenters. The fraction of sp³-hybridized carbons (Fsp3) is 0.800. The van der Waals surface area contributed by atoms with Gasteiger partial charge in [0.2, 0.25) is 11.8 Å². The molecule has 0 spiro atoms. The van der Waals surface area contributed by atoms with Gasteiger partial charge in [0.15, 0.2) is 0 Å². The van der Waals surface area contributed by atoms with Crippen molar-refractivity contribution >= 4 is 11.8 Å². The van der Waals surface area contributed by atoms with Gasteiger partial charge in [0.25, 0.3) is 0 Å². The Bertz CT molecular complexity index is 245. The average molecular weight is 229 g/mol. The van der Waals surface area contributed by atoms with Crippen LogP contribution in [0.4, 0.5) is 0 Å². The molecular weight excluding hydrogens is 210 g/mol. The van der Waals surface area contributed by atoms with Crippen LogP contribution in [0.5, 0.6) is 0 Å². The summed E-state index contributed by atoms with van der Waals surface area (Å²) in [5, 5.41) is 8.50. The van der Waals surface area contributed by atoms with Crippen LogP contribution in [0.25, 0.3) is 0 Å². The molecule has 1 fully saturated rings. The van der Waals surface area contributed by atoms with Gasteiger partial charge >= 0.3 is 0 Å². The summed E-state index contributed by atoms with van der Waals surface area (Å²) in [7, 11) is 1.65. The molecule has 1 heterocycles. The second kappa shape index (κ2) is 7.19. The van der Waals surface area contributed by atoms with E-state index in [4.69, 9.17) is 4.74 Å². The molecular formula is C10H19N3O3. The Morgan fingerprint density at radius 2 is 2.31 bits per heavy atom. The predicted octanol–water partition coefficient (Wildman–Crippen LogP) is -1.38. The van der Waals surface area contributed by atoms with Crippen molar-refractivity contribution in [3.8, 4) is 0 Å². The van der Waals surface area contributed by atoms with Crippen molar-refractivity contribution in [2.45, 2.75) is 18.9 Å². The second-order valence-electron chi connectivity index (χ2n) is 3.69. The normalized spacial score (nSPS) is 19.6. The van der Waals surface area contributed by atoms with Gasteiger partial charge in [-0.05, 0) is 6.42 Å². The van der Waals surface area contributed by atoms with Crippen LogP contribution in [0.2, 0.25) is 0 Å². The lowest BCUT2D eigenvalue weighted by molar-refractivity contribution is -0.125. The van der Waals surface area contributed by atoms with E-state index in [-0.39, 0.29) is 17.9 Å². The van der Waals surface area contributed by atoms with E-state index in [2.05, 4.69) is 16.0 Å². The smallest absolute Gasteiger partial charge is 0.242 e. The summed E-state index contributed by atoms with van der Waals surface area (Å²) < 4.78 is 4.87. The van der Waals surface area contributed by atoms with E-state index in [1.165, 1.54) is 0 Å². The number of hydrogen-bond donors (Lipinski definition) is 3. The Kier molecular flexibility index (Phi) is 5.81. The van der Waals surface area contributed by atoms with Crippen molar-refractivity contribution in [2.24, 2.45) is 0 Å². The maximum atomic E-state index is 11.5. The molecule has 6 nitrogen and oxygen atoms in total. The van der Waals surface area contributed by atoms with E-state index >= 15 is 0 Å². The number of nitrogens with one attached hydrogen (secondary N) is 3. The standard InChI is InChI=1S/C10H19N3O3/c1-16-7-6-11-4-5-12-10(15)8-2-3-9(14)13-8/h8,11H,2-7H2,1H3,(H,12,15)(H,13,14). The van der Waals surface area contributed by atoms with E-state index in [0.717, 1.165) is 6.54 Å². The molecule has 0 aromatic rings.